The van der Waals surface area contributed by atoms with Crippen molar-refractivity contribution in [2.75, 3.05) is 26.8 Å². The highest BCUT2D eigenvalue weighted by atomic mass is 16.5. The Labute approximate surface area is 98.3 Å². The molecule has 1 aliphatic heterocycles. The monoisotopic (exact) mass is 228 g/mol. The van der Waals surface area contributed by atoms with Gasteiger partial charge < -0.3 is 15.0 Å². The van der Waals surface area contributed by atoms with E-state index in [0.717, 1.165) is 19.4 Å². The number of hydrogen-bond acceptors (Lipinski definition) is 3. The van der Waals surface area contributed by atoms with Gasteiger partial charge in [-0.2, -0.15) is 0 Å². The molecule has 0 aromatic carbocycles. The van der Waals surface area contributed by atoms with Crippen molar-refractivity contribution in [2.24, 2.45) is 0 Å². The van der Waals surface area contributed by atoms with Gasteiger partial charge in [-0.1, -0.05) is 0 Å². The molecule has 1 rings (SSSR count). The summed E-state index contributed by atoms with van der Waals surface area (Å²) in [6.07, 6.45) is 3.51. The Morgan fingerprint density at radius 2 is 2.00 bits per heavy atom. The topological polar surface area (TPSA) is 41.6 Å². The van der Waals surface area contributed by atoms with E-state index in [1.807, 2.05) is 4.90 Å². The second kappa shape index (κ2) is 6.86. The Bertz CT molecular complexity index is 211. The highest BCUT2D eigenvalue weighted by Crippen LogP contribution is 2.22. The van der Waals surface area contributed by atoms with E-state index in [-0.39, 0.29) is 5.91 Å². The van der Waals surface area contributed by atoms with Crippen molar-refractivity contribution in [1.29, 1.82) is 0 Å². The summed E-state index contributed by atoms with van der Waals surface area (Å²) >= 11 is 0. The number of piperidine rings is 1. The lowest BCUT2D eigenvalue weighted by Gasteiger charge is -2.39. The summed E-state index contributed by atoms with van der Waals surface area (Å²) in [6, 6.07) is 0.779. The summed E-state index contributed by atoms with van der Waals surface area (Å²) in [5.74, 6) is 0.218. The molecule has 1 heterocycles. The zero-order chi connectivity index (χ0) is 12.0. The Morgan fingerprint density at radius 1 is 1.38 bits per heavy atom. The number of rotatable bonds is 5. The molecule has 1 saturated heterocycles. The zero-order valence-electron chi connectivity index (χ0n) is 10.7. The summed E-state index contributed by atoms with van der Waals surface area (Å²) in [4.78, 5) is 14.0. The average Bonchev–Trinajstić information content (AvgIpc) is 2.24. The van der Waals surface area contributed by atoms with Crippen LogP contribution in [0.3, 0.4) is 0 Å². The lowest BCUT2D eigenvalue weighted by Crippen LogP contribution is -2.50. The molecule has 1 fully saturated rings. The summed E-state index contributed by atoms with van der Waals surface area (Å²) in [7, 11) is 1.66. The number of methoxy groups -OCH3 is 1. The molecule has 0 radical (unpaired) electrons. The predicted octanol–water partition coefficient (Wildman–Crippen LogP) is 1.01. The van der Waals surface area contributed by atoms with E-state index in [1.165, 1.54) is 6.42 Å². The molecule has 2 atom stereocenters. The number of ether oxygens (including phenoxy) is 1. The first kappa shape index (κ1) is 13.5. The van der Waals surface area contributed by atoms with Gasteiger partial charge in [0, 0.05) is 25.7 Å². The maximum absolute atomic E-state index is 12.0. The van der Waals surface area contributed by atoms with Gasteiger partial charge in [-0.3, -0.25) is 4.79 Å². The van der Waals surface area contributed by atoms with Gasteiger partial charge in [0.2, 0.25) is 5.91 Å². The van der Waals surface area contributed by atoms with Gasteiger partial charge in [-0.15, -0.1) is 0 Å². The maximum atomic E-state index is 12.0. The van der Waals surface area contributed by atoms with Crippen LogP contribution in [0.4, 0.5) is 0 Å². The molecule has 0 aliphatic carbocycles. The zero-order valence-corrected chi connectivity index (χ0v) is 10.7. The Balaban J connectivity index is 2.33. The summed E-state index contributed by atoms with van der Waals surface area (Å²) < 4.78 is 4.92. The van der Waals surface area contributed by atoms with Gasteiger partial charge in [0.15, 0.2) is 0 Å². The van der Waals surface area contributed by atoms with Crippen molar-refractivity contribution in [2.45, 2.75) is 45.2 Å². The van der Waals surface area contributed by atoms with Crippen LogP contribution in [0.1, 0.15) is 33.1 Å². The molecule has 0 unspecified atom stereocenters. The van der Waals surface area contributed by atoms with Crippen molar-refractivity contribution in [3.8, 4) is 0 Å². The van der Waals surface area contributed by atoms with Gasteiger partial charge in [-0.05, 0) is 33.1 Å². The summed E-state index contributed by atoms with van der Waals surface area (Å²) in [5.41, 5.74) is 0. The highest BCUT2D eigenvalue weighted by molar-refractivity contribution is 5.79. The van der Waals surface area contributed by atoms with E-state index in [0.29, 0.717) is 25.2 Å². The number of carbonyl (C=O) groups is 1. The smallest absolute Gasteiger partial charge is 0.237 e. The van der Waals surface area contributed by atoms with E-state index in [1.54, 1.807) is 7.11 Å². The number of nitrogens with one attached hydrogen (secondary N) is 1. The van der Waals surface area contributed by atoms with Crippen LogP contribution >= 0.6 is 0 Å². The molecular weight excluding hydrogens is 204 g/mol. The number of likely N-dealkylation sites (tertiary alicyclic amines) is 1. The van der Waals surface area contributed by atoms with Gasteiger partial charge in [0.1, 0.15) is 0 Å². The first-order valence-corrected chi connectivity index (χ1v) is 6.17. The molecule has 94 valence electrons. The lowest BCUT2D eigenvalue weighted by atomic mass is 9.97. The van der Waals surface area contributed by atoms with Crippen LogP contribution in [0, 0.1) is 0 Å². The third-order valence-electron chi connectivity index (χ3n) is 3.24. The van der Waals surface area contributed by atoms with Crippen LogP contribution in [0.5, 0.6) is 0 Å². The van der Waals surface area contributed by atoms with Crippen LogP contribution in [-0.2, 0) is 9.53 Å². The molecule has 4 heteroatoms. The van der Waals surface area contributed by atoms with Crippen LogP contribution in [0.25, 0.3) is 0 Å². The fraction of sp³-hybridized carbons (Fsp3) is 0.917. The summed E-state index contributed by atoms with van der Waals surface area (Å²) in [6.45, 7) is 6.10. The van der Waals surface area contributed by atoms with Crippen LogP contribution in [-0.4, -0.2) is 49.7 Å². The van der Waals surface area contributed by atoms with Crippen LogP contribution < -0.4 is 5.32 Å². The van der Waals surface area contributed by atoms with Crippen molar-refractivity contribution >= 4 is 5.91 Å². The van der Waals surface area contributed by atoms with Gasteiger partial charge >= 0.3 is 0 Å². The van der Waals surface area contributed by atoms with E-state index in [9.17, 15) is 4.79 Å². The first-order valence-electron chi connectivity index (χ1n) is 6.17. The fourth-order valence-corrected chi connectivity index (χ4v) is 2.37. The number of nitrogens with zero attached hydrogens (tertiary/aromatic N) is 1. The van der Waals surface area contributed by atoms with Crippen molar-refractivity contribution in [3.05, 3.63) is 0 Å². The number of hydrogen-bond donors (Lipinski definition) is 1. The molecule has 1 amide bonds. The maximum Gasteiger partial charge on any atom is 0.237 e. The number of carbonyl (C=O) groups excluding carboxylic acids is 1. The molecule has 0 bridgehead atoms. The van der Waals surface area contributed by atoms with E-state index < -0.39 is 0 Å². The van der Waals surface area contributed by atoms with Crippen molar-refractivity contribution in [1.82, 2.24) is 10.2 Å². The van der Waals surface area contributed by atoms with Gasteiger partial charge in [0.05, 0.1) is 13.2 Å². The largest absolute Gasteiger partial charge is 0.383 e. The minimum absolute atomic E-state index is 0.218. The Morgan fingerprint density at radius 3 is 2.56 bits per heavy atom. The average molecular weight is 228 g/mol. The molecular formula is C12H24N2O2. The molecule has 16 heavy (non-hydrogen) atoms. The standard InChI is InChI=1S/C12H24N2O2/c1-10-5-4-6-11(2)14(10)12(15)9-13-7-8-16-3/h10-11,13H,4-9H2,1-3H3/t10-,11+. The molecule has 1 N–H and O–H groups in total. The molecule has 1 aliphatic rings. The quantitative estimate of drug-likeness (QED) is 0.714. The molecule has 0 saturated carbocycles. The van der Waals surface area contributed by atoms with E-state index in [4.69, 9.17) is 4.74 Å². The SMILES string of the molecule is COCCNCC(=O)N1[C@H](C)CCC[C@@H]1C. The minimum Gasteiger partial charge on any atom is -0.383 e. The lowest BCUT2D eigenvalue weighted by molar-refractivity contribution is -0.136. The molecule has 0 spiro atoms. The second-order valence-corrected chi connectivity index (χ2v) is 4.60. The van der Waals surface area contributed by atoms with Crippen molar-refractivity contribution < 1.29 is 9.53 Å². The second-order valence-electron chi connectivity index (χ2n) is 4.60. The summed E-state index contributed by atoms with van der Waals surface area (Å²) in [5, 5.41) is 3.11. The van der Waals surface area contributed by atoms with Crippen LogP contribution in [0.2, 0.25) is 0 Å². The van der Waals surface area contributed by atoms with Crippen LogP contribution in [0.15, 0.2) is 0 Å². The number of amides is 1. The third-order valence-corrected chi connectivity index (χ3v) is 3.24. The highest BCUT2D eigenvalue weighted by Gasteiger charge is 2.28. The van der Waals surface area contributed by atoms with Gasteiger partial charge in [-0.25, -0.2) is 0 Å². The Hall–Kier alpha value is -0.610. The van der Waals surface area contributed by atoms with E-state index >= 15 is 0 Å². The van der Waals surface area contributed by atoms with E-state index in [2.05, 4.69) is 19.2 Å². The first-order chi connectivity index (χ1) is 7.66. The van der Waals surface area contributed by atoms with Gasteiger partial charge in [0.25, 0.3) is 0 Å². The fourth-order valence-electron chi connectivity index (χ4n) is 2.37. The molecule has 0 aromatic rings. The van der Waals surface area contributed by atoms with Crippen molar-refractivity contribution in [3.63, 3.8) is 0 Å². The minimum atomic E-state index is 0.218. The third kappa shape index (κ3) is 3.76. The normalized spacial score (nSPS) is 25.8. The Kier molecular flexibility index (Phi) is 5.77. The molecule has 4 nitrogen and oxygen atoms in total. The predicted molar refractivity (Wildman–Crippen MR) is 64.4 cm³/mol. The molecule has 0 aromatic heterocycles.